The van der Waals surface area contributed by atoms with Crippen molar-refractivity contribution >= 4 is 76.0 Å². The molecule has 0 aromatic heterocycles. The first kappa shape index (κ1) is 147. The number of rotatable bonds is 45. The maximum atomic E-state index is 11.3. The van der Waals surface area contributed by atoms with E-state index in [1.54, 1.807) is 115 Å². The summed E-state index contributed by atoms with van der Waals surface area (Å²) < 4.78 is 109. The largest absolute Gasteiger partial charge is 0.345 e. The highest BCUT2D eigenvalue weighted by molar-refractivity contribution is 7.55. The van der Waals surface area contributed by atoms with Gasteiger partial charge in [-0.2, -0.15) is 52.6 Å². The molecule has 20 N–H and O–H groups in total. The Morgan fingerprint density at radius 3 is 0.708 bits per heavy atom. The van der Waals surface area contributed by atoms with Crippen molar-refractivity contribution in [2.45, 2.75) is 384 Å². The lowest BCUT2D eigenvalue weighted by molar-refractivity contribution is 0.274. The molecule has 0 aromatic rings. The summed E-state index contributed by atoms with van der Waals surface area (Å²) in [4.78, 5) is 178. The third-order valence-electron chi connectivity index (χ3n) is 25.4. The van der Waals surface area contributed by atoms with Crippen molar-refractivity contribution in [1.29, 1.82) is 52.6 Å². The zero-order valence-electron chi connectivity index (χ0n) is 81.1. The van der Waals surface area contributed by atoms with Crippen LogP contribution < -0.4 is 0 Å². The number of nitrogens with zero attached hydrogens (tertiary/aromatic N) is 10. The van der Waals surface area contributed by atoms with E-state index in [0.717, 1.165) is 12.8 Å². The summed E-state index contributed by atoms with van der Waals surface area (Å²) in [5.41, 5.74) is -6.61. The molecule has 0 aliphatic carbocycles. The van der Waals surface area contributed by atoms with Gasteiger partial charge in [0, 0.05) is 6.16 Å². The molecule has 0 aliphatic rings. The van der Waals surface area contributed by atoms with Gasteiger partial charge in [0.25, 0.3) is 0 Å². The van der Waals surface area contributed by atoms with Crippen LogP contribution in [0.15, 0.2) is 0 Å². The van der Waals surface area contributed by atoms with Crippen LogP contribution >= 0.6 is 76.0 Å². The van der Waals surface area contributed by atoms with Crippen molar-refractivity contribution in [1.82, 2.24) is 0 Å². The smallest absolute Gasteiger partial charge is 0.324 e. The van der Waals surface area contributed by atoms with Gasteiger partial charge in [-0.3, -0.25) is 45.7 Å². The van der Waals surface area contributed by atoms with Crippen molar-refractivity contribution in [3.63, 3.8) is 0 Å². The van der Waals surface area contributed by atoms with Gasteiger partial charge in [-0.25, -0.2) is 0 Å². The van der Waals surface area contributed by atoms with E-state index in [0.29, 0.717) is 109 Å². The molecule has 0 saturated heterocycles. The van der Waals surface area contributed by atoms with Crippen LogP contribution in [0.4, 0.5) is 0 Å². The quantitative estimate of drug-likeness (QED) is 0.0252. The van der Waals surface area contributed by atoms with Crippen LogP contribution in [0.5, 0.6) is 0 Å². The average molecular weight is 2050 g/mol. The first-order chi connectivity index (χ1) is 58.8. The maximum Gasteiger partial charge on any atom is 0.345 e. The molecule has 0 heterocycles. The molecular formula is C80H160N10O30P10. The minimum Gasteiger partial charge on any atom is -0.324 e. The Bertz CT molecular complexity index is 4200. The lowest BCUT2D eigenvalue weighted by atomic mass is 9.79. The molecule has 0 aliphatic heterocycles. The topological polar surface area (TPSA) is 813 Å². The Balaban J connectivity index is -0.000000154. The van der Waals surface area contributed by atoms with Gasteiger partial charge >= 0.3 is 76.0 Å². The molecule has 0 aromatic carbocycles. The minimum absolute atomic E-state index is 0.115. The first-order valence-corrected chi connectivity index (χ1v) is 60.3. The van der Waals surface area contributed by atoms with Crippen LogP contribution in [0.3, 0.4) is 0 Å². The lowest BCUT2D eigenvalue weighted by Crippen LogP contribution is -2.35. The molecule has 0 saturated carbocycles. The molecule has 7 atom stereocenters. The number of nitriles is 10. The standard InChI is InChI=1S/4C9H18NO3P.3C8H16NO3P.2C7H14NO3P.C6H12NO3P/c1-4-9(5-2,7-10)6-8(3)14(11,12)13;1-4-8(14(11,12)13)9(5-2,6-3)7-10;1-4-8(5-2)9(6-3,7-10)14(11,12)13;1-3-9(4-2,8-10)6-5-7-14(11,12)13;1-4-8(5-2,6-9)7(3)13(10,11)12;1-4-7(3)8(5-2,6-9)13(10,11)12;1-3-8(4-2,7-9)5-6-13(10,11)12;1-3-7(4-2,5-8)6-12(9,10)11;1-3-5-7(4-2,6-8)12(9,10)11;1-3-6(4-2,5-7)11(8,9)10/h3*8H,4-6H2,1-3H3,(H2,11,12,13);3-7H2,1-2H3,(H2,11,12,13);2*7H,4-5H2,1-3H3,(H2,10,11,12);3-6H2,1-2H3,(H2,10,11,12);3-4,6H2,1-2H3,(H2,9,10,11);3-5H2,1-2H3,(H2,9,10,11);3-4H2,1-2H3,(H2,8,9,10). The number of hydrogen-bond acceptors (Lipinski definition) is 20. The molecule has 40 nitrogen and oxygen atoms in total. The summed E-state index contributed by atoms with van der Waals surface area (Å²) >= 11 is 0. The zero-order chi connectivity index (χ0) is 106. The van der Waals surface area contributed by atoms with Gasteiger partial charge in [0.15, 0.2) is 20.6 Å². The third kappa shape index (κ3) is 50.6. The Kier molecular flexibility index (Phi) is 74.5. The van der Waals surface area contributed by atoms with Crippen LogP contribution in [-0.2, 0) is 45.7 Å². The van der Waals surface area contributed by atoms with E-state index in [9.17, 15) is 55.4 Å². The summed E-state index contributed by atoms with van der Waals surface area (Å²) in [7, 11) is -41.5. The molecule has 130 heavy (non-hydrogen) atoms. The second kappa shape index (κ2) is 66.1. The molecule has 7 unspecified atom stereocenters. The Morgan fingerprint density at radius 2 is 0.585 bits per heavy atom. The van der Waals surface area contributed by atoms with Crippen LogP contribution in [0, 0.1) is 158 Å². The van der Waals surface area contributed by atoms with Crippen molar-refractivity contribution in [3.05, 3.63) is 0 Å². The predicted octanol–water partition coefficient (Wildman–Crippen LogP) is 19.1. The normalized spacial score (nSPS) is 14.7. The van der Waals surface area contributed by atoms with Crippen molar-refractivity contribution in [3.8, 4) is 60.7 Å². The Hall–Kier alpha value is -3.60. The molecular weight excluding hydrogens is 1890 g/mol. The van der Waals surface area contributed by atoms with Gasteiger partial charge in [0.05, 0.1) is 122 Å². The Labute approximate surface area is 775 Å². The summed E-state index contributed by atoms with van der Waals surface area (Å²) in [6.45, 7) is 43.8. The van der Waals surface area contributed by atoms with E-state index < -0.39 is 146 Å². The number of hydrogen-bond donors (Lipinski definition) is 20. The van der Waals surface area contributed by atoms with Crippen LogP contribution in [-0.4, -0.2) is 154 Å². The Morgan fingerprint density at radius 1 is 0.269 bits per heavy atom. The maximum absolute atomic E-state index is 11.3. The highest BCUT2D eigenvalue weighted by Gasteiger charge is 2.53. The van der Waals surface area contributed by atoms with E-state index >= 15 is 0 Å². The van der Waals surface area contributed by atoms with E-state index in [4.69, 9.17) is 141 Å². The van der Waals surface area contributed by atoms with Gasteiger partial charge in [0.1, 0.15) is 0 Å². The fourth-order valence-electron chi connectivity index (χ4n) is 13.8. The van der Waals surface area contributed by atoms with Crippen molar-refractivity contribution in [2.75, 3.05) is 18.5 Å². The SMILES string of the molecule is CCC(C#N)(CC)C(C)P(=O)(O)O.CCC(C#N)(CC)CC(C)P(=O)(O)O.CCC(C#N)(CC)CCCP(=O)(O)O.CCC(C#N)(CC)CCP(=O)(O)O.CCC(C#N)(CC)CP(=O)(O)O.CCC(C#N)(CC)P(=O)(O)O.CCC(C(C#N)(CC)CC)P(=O)(O)O.CCC(C)C(C#N)(CC)P(=O)(O)O.CCC(CC)C(C#N)(CC)P(=O)(O)O.CCCC(C#N)(CC)P(=O)(O)O. The zero-order valence-corrected chi connectivity index (χ0v) is 90.0. The minimum atomic E-state index is -4.36. The van der Waals surface area contributed by atoms with Crippen LogP contribution in [0.2, 0.25) is 0 Å². The fourth-order valence-corrected chi connectivity index (χ4v) is 24.3. The molecule has 0 rings (SSSR count). The molecule has 50 heteroatoms. The monoisotopic (exact) mass is 2050 g/mol. The van der Waals surface area contributed by atoms with E-state index in [1.807, 2.05) is 80.5 Å². The molecule has 760 valence electrons. The van der Waals surface area contributed by atoms with E-state index in [1.165, 1.54) is 13.8 Å². The van der Waals surface area contributed by atoms with Gasteiger partial charge in [-0.05, 0) is 166 Å². The molecule has 0 spiro atoms. The lowest BCUT2D eigenvalue weighted by Gasteiger charge is -2.33. The van der Waals surface area contributed by atoms with Crippen molar-refractivity contribution < 1.29 is 144 Å². The predicted molar refractivity (Wildman–Crippen MR) is 502 cm³/mol. The van der Waals surface area contributed by atoms with E-state index in [2.05, 4.69) is 24.3 Å². The summed E-state index contributed by atoms with van der Waals surface area (Å²) in [6.07, 6.45) is 11.7. The molecule has 0 fully saturated rings. The first-order valence-electron chi connectivity index (χ1n) is 43.4. The van der Waals surface area contributed by atoms with E-state index in [-0.39, 0.29) is 81.7 Å². The van der Waals surface area contributed by atoms with Crippen LogP contribution in [0.1, 0.15) is 346 Å². The summed E-state index contributed by atoms with van der Waals surface area (Å²) in [6, 6.07) is 19.7. The van der Waals surface area contributed by atoms with Gasteiger partial charge < -0.3 is 97.9 Å². The summed E-state index contributed by atoms with van der Waals surface area (Å²) in [5, 5.41) is 82.8. The van der Waals surface area contributed by atoms with Gasteiger partial charge in [0.2, 0.25) is 0 Å². The fraction of sp³-hybridized carbons (Fsp3) is 0.875. The van der Waals surface area contributed by atoms with Crippen molar-refractivity contribution in [2.24, 2.45) is 44.3 Å². The van der Waals surface area contributed by atoms with Crippen LogP contribution in [0.25, 0.3) is 0 Å². The molecule has 0 bridgehead atoms. The third-order valence-corrected chi connectivity index (χ3v) is 39.9. The molecule has 0 amide bonds. The second-order valence-electron chi connectivity index (χ2n) is 32.1. The molecule has 0 radical (unpaired) electrons. The summed E-state index contributed by atoms with van der Waals surface area (Å²) in [5.74, 6) is -0.526. The highest BCUT2D eigenvalue weighted by Crippen LogP contribution is 2.61. The van der Waals surface area contributed by atoms with Gasteiger partial charge in [-0.1, -0.05) is 192 Å². The second-order valence-corrected chi connectivity index (χ2v) is 50.8. The van der Waals surface area contributed by atoms with Gasteiger partial charge in [-0.15, -0.1) is 0 Å². The highest BCUT2D eigenvalue weighted by atomic mass is 31.2. The average Bonchev–Trinajstić information content (AvgIpc) is 0.792.